The molecular formula is C17H20FNO. The Balaban J connectivity index is 2.41. The standard InChI is InChI=1S/C17H20FNO/c1-17(2,3)14-6-4-5-7-16(14)20-15-9-8-13(18)10-12(15)11-19/h4-10H,11,19H2,1-3H3. The van der Waals surface area contributed by atoms with Gasteiger partial charge in [-0.3, -0.25) is 0 Å². The highest BCUT2D eigenvalue weighted by molar-refractivity contribution is 5.44. The van der Waals surface area contributed by atoms with Gasteiger partial charge in [0.1, 0.15) is 17.3 Å². The van der Waals surface area contributed by atoms with E-state index >= 15 is 0 Å². The third-order valence-electron chi connectivity index (χ3n) is 3.16. The minimum atomic E-state index is -0.304. The Morgan fingerprint density at radius 2 is 1.75 bits per heavy atom. The normalized spacial score (nSPS) is 11.4. The van der Waals surface area contributed by atoms with E-state index in [0.717, 1.165) is 11.3 Å². The minimum absolute atomic E-state index is 0.0283. The molecule has 0 atom stereocenters. The second-order valence-electron chi connectivity index (χ2n) is 5.80. The molecule has 0 aromatic heterocycles. The number of benzene rings is 2. The van der Waals surface area contributed by atoms with E-state index < -0.39 is 0 Å². The molecular weight excluding hydrogens is 253 g/mol. The van der Waals surface area contributed by atoms with E-state index in [1.807, 2.05) is 24.3 Å². The fraction of sp³-hybridized carbons (Fsp3) is 0.294. The lowest BCUT2D eigenvalue weighted by molar-refractivity contribution is 0.449. The molecule has 0 amide bonds. The van der Waals surface area contributed by atoms with Crippen LogP contribution in [0.2, 0.25) is 0 Å². The van der Waals surface area contributed by atoms with Gasteiger partial charge in [-0.1, -0.05) is 39.0 Å². The summed E-state index contributed by atoms with van der Waals surface area (Å²) >= 11 is 0. The Kier molecular flexibility index (Phi) is 4.09. The Morgan fingerprint density at radius 1 is 1.05 bits per heavy atom. The molecule has 0 bridgehead atoms. The Hall–Kier alpha value is -1.87. The number of para-hydroxylation sites is 1. The van der Waals surface area contributed by atoms with Gasteiger partial charge in [0.25, 0.3) is 0 Å². The average molecular weight is 273 g/mol. The maximum atomic E-state index is 13.2. The SMILES string of the molecule is CC(C)(C)c1ccccc1Oc1ccc(F)cc1CN. The van der Waals surface area contributed by atoms with Crippen LogP contribution in [0, 0.1) is 5.82 Å². The molecule has 20 heavy (non-hydrogen) atoms. The van der Waals surface area contributed by atoms with Gasteiger partial charge in [0.15, 0.2) is 0 Å². The van der Waals surface area contributed by atoms with Crippen molar-refractivity contribution in [2.45, 2.75) is 32.7 Å². The molecule has 2 N–H and O–H groups in total. The van der Waals surface area contributed by atoms with Crippen LogP contribution in [0.25, 0.3) is 0 Å². The molecule has 2 rings (SSSR count). The number of halogens is 1. The Morgan fingerprint density at radius 3 is 2.40 bits per heavy atom. The minimum Gasteiger partial charge on any atom is -0.457 e. The first-order valence-corrected chi connectivity index (χ1v) is 6.67. The monoisotopic (exact) mass is 273 g/mol. The van der Waals surface area contributed by atoms with E-state index in [0.29, 0.717) is 11.3 Å². The van der Waals surface area contributed by atoms with E-state index in [-0.39, 0.29) is 17.8 Å². The number of hydrogen-bond donors (Lipinski definition) is 1. The molecule has 3 heteroatoms. The van der Waals surface area contributed by atoms with Crippen LogP contribution in [0.15, 0.2) is 42.5 Å². The van der Waals surface area contributed by atoms with E-state index in [1.54, 1.807) is 6.07 Å². The molecule has 2 aromatic carbocycles. The lowest BCUT2D eigenvalue weighted by Crippen LogP contribution is -2.12. The predicted octanol–water partition coefficient (Wildman–Crippen LogP) is 4.37. The molecule has 0 aliphatic rings. The third-order valence-corrected chi connectivity index (χ3v) is 3.16. The lowest BCUT2D eigenvalue weighted by atomic mass is 9.86. The van der Waals surface area contributed by atoms with Crippen molar-refractivity contribution in [1.82, 2.24) is 0 Å². The van der Waals surface area contributed by atoms with Crippen molar-refractivity contribution in [2.24, 2.45) is 5.73 Å². The molecule has 0 aliphatic heterocycles. The highest BCUT2D eigenvalue weighted by atomic mass is 19.1. The molecule has 0 saturated heterocycles. The number of rotatable bonds is 3. The van der Waals surface area contributed by atoms with Gasteiger partial charge >= 0.3 is 0 Å². The zero-order valence-electron chi connectivity index (χ0n) is 12.1. The summed E-state index contributed by atoms with van der Waals surface area (Å²) < 4.78 is 19.2. The molecule has 106 valence electrons. The molecule has 2 nitrogen and oxygen atoms in total. The summed E-state index contributed by atoms with van der Waals surface area (Å²) in [6, 6.07) is 12.3. The summed E-state index contributed by atoms with van der Waals surface area (Å²) in [4.78, 5) is 0. The predicted molar refractivity (Wildman–Crippen MR) is 79.5 cm³/mol. The average Bonchev–Trinajstić information content (AvgIpc) is 2.40. The first-order valence-electron chi connectivity index (χ1n) is 6.67. The van der Waals surface area contributed by atoms with Gasteiger partial charge in [-0.05, 0) is 29.7 Å². The van der Waals surface area contributed by atoms with Crippen LogP contribution in [-0.4, -0.2) is 0 Å². The maximum absolute atomic E-state index is 13.2. The van der Waals surface area contributed by atoms with Crippen LogP contribution < -0.4 is 10.5 Å². The van der Waals surface area contributed by atoms with Gasteiger partial charge in [0.05, 0.1) is 0 Å². The maximum Gasteiger partial charge on any atom is 0.132 e. The smallest absolute Gasteiger partial charge is 0.132 e. The first kappa shape index (κ1) is 14.5. The topological polar surface area (TPSA) is 35.2 Å². The van der Waals surface area contributed by atoms with Gasteiger partial charge in [0, 0.05) is 17.7 Å². The fourth-order valence-corrected chi connectivity index (χ4v) is 2.10. The summed E-state index contributed by atoms with van der Waals surface area (Å²) in [6.45, 7) is 6.63. The van der Waals surface area contributed by atoms with Gasteiger partial charge in [-0.2, -0.15) is 0 Å². The number of nitrogens with two attached hydrogens (primary N) is 1. The van der Waals surface area contributed by atoms with Crippen molar-refractivity contribution >= 4 is 0 Å². The molecule has 0 fully saturated rings. The van der Waals surface area contributed by atoms with Crippen LogP contribution in [-0.2, 0) is 12.0 Å². The Labute approximate surface area is 119 Å². The van der Waals surface area contributed by atoms with Crippen molar-refractivity contribution < 1.29 is 9.13 Å². The molecule has 0 aliphatic carbocycles. The molecule has 2 aromatic rings. The van der Waals surface area contributed by atoms with Crippen molar-refractivity contribution in [3.63, 3.8) is 0 Å². The van der Waals surface area contributed by atoms with E-state index in [1.165, 1.54) is 12.1 Å². The van der Waals surface area contributed by atoms with Gasteiger partial charge < -0.3 is 10.5 Å². The highest BCUT2D eigenvalue weighted by Crippen LogP contribution is 2.35. The quantitative estimate of drug-likeness (QED) is 0.901. The summed E-state index contributed by atoms with van der Waals surface area (Å²) in [5.74, 6) is 1.08. The number of ether oxygens (including phenoxy) is 1. The molecule has 0 spiro atoms. The first-order chi connectivity index (χ1) is 9.41. The summed E-state index contributed by atoms with van der Waals surface area (Å²) in [5, 5.41) is 0. The number of hydrogen-bond acceptors (Lipinski definition) is 2. The highest BCUT2D eigenvalue weighted by Gasteiger charge is 2.19. The van der Waals surface area contributed by atoms with Crippen LogP contribution in [0.1, 0.15) is 31.9 Å². The summed E-state index contributed by atoms with van der Waals surface area (Å²) in [5.41, 5.74) is 7.39. The third kappa shape index (κ3) is 3.17. The fourth-order valence-electron chi connectivity index (χ4n) is 2.10. The zero-order valence-corrected chi connectivity index (χ0v) is 12.1. The van der Waals surface area contributed by atoms with Crippen LogP contribution in [0.4, 0.5) is 4.39 Å². The van der Waals surface area contributed by atoms with Crippen molar-refractivity contribution in [2.75, 3.05) is 0 Å². The van der Waals surface area contributed by atoms with E-state index in [9.17, 15) is 4.39 Å². The van der Waals surface area contributed by atoms with Gasteiger partial charge in [0.2, 0.25) is 0 Å². The van der Waals surface area contributed by atoms with Crippen molar-refractivity contribution in [3.05, 3.63) is 59.4 Å². The molecule has 0 radical (unpaired) electrons. The zero-order chi connectivity index (χ0) is 14.8. The summed E-state index contributed by atoms with van der Waals surface area (Å²) in [7, 11) is 0. The summed E-state index contributed by atoms with van der Waals surface area (Å²) in [6.07, 6.45) is 0. The van der Waals surface area contributed by atoms with E-state index in [4.69, 9.17) is 10.5 Å². The van der Waals surface area contributed by atoms with Crippen LogP contribution in [0.3, 0.4) is 0 Å². The van der Waals surface area contributed by atoms with Crippen LogP contribution in [0.5, 0.6) is 11.5 Å². The largest absolute Gasteiger partial charge is 0.457 e. The van der Waals surface area contributed by atoms with Gasteiger partial charge in [-0.15, -0.1) is 0 Å². The second kappa shape index (κ2) is 5.63. The van der Waals surface area contributed by atoms with Crippen LogP contribution >= 0.6 is 0 Å². The Bertz CT molecular complexity index is 602. The van der Waals surface area contributed by atoms with E-state index in [2.05, 4.69) is 20.8 Å². The second-order valence-corrected chi connectivity index (χ2v) is 5.80. The lowest BCUT2D eigenvalue weighted by Gasteiger charge is -2.23. The van der Waals surface area contributed by atoms with Crippen molar-refractivity contribution in [1.29, 1.82) is 0 Å². The molecule has 0 heterocycles. The molecule has 0 unspecified atom stereocenters. The van der Waals surface area contributed by atoms with Gasteiger partial charge in [-0.25, -0.2) is 4.39 Å². The van der Waals surface area contributed by atoms with Crippen molar-refractivity contribution in [3.8, 4) is 11.5 Å². The molecule has 0 saturated carbocycles.